The number of nitrogens with zero attached hydrogens (tertiary/aromatic N) is 2. The summed E-state index contributed by atoms with van der Waals surface area (Å²) in [6.45, 7) is 3.70. The smallest absolute Gasteiger partial charge is 0.169 e. The standard InChI is InChI=1S/C17H17ClN2OS/c1-2-20-16-6-4-3-5-15(16)19-17(20)22-12-11-21-14-9-7-13(18)8-10-14/h3-10H,2,11-12H2,1H3. The van der Waals surface area contributed by atoms with E-state index in [4.69, 9.17) is 21.3 Å². The molecule has 0 amide bonds. The van der Waals surface area contributed by atoms with Crippen LogP contribution in [0.25, 0.3) is 11.0 Å². The van der Waals surface area contributed by atoms with Gasteiger partial charge in [-0.1, -0.05) is 35.5 Å². The lowest BCUT2D eigenvalue weighted by atomic mass is 10.3. The van der Waals surface area contributed by atoms with Crippen LogP contribution >= 0.6 is 23.4 Å². The van der Waals surface area contributed by atoms with Gasteiger partial charge >= 0.3 is 0 Å². The molecule has 0 bridgehead atoms. The number of para-hydroxylation sites is 2. The minimum absolute atomic E-state index is 0.638. The van der Waals surface area contributed by atoms with Crippen molar-refractivity contribution in [1.82, 2.24) is 9.55 Å². The van der Waals surface area contributed by atoms with Gasteiger partial charge in [0.25, 0.3) is 0 Å². The van der Waals surface area contributed by atoms with E-state index in [2.05, 4.69) is 23.6 Å². The van der Waals surface area contributed by atoms with Crippen LogP contribution in [0.4, 0.5) is 0 Å². The maximum Gasteiger partial charge on any atom is 0.169 e. The van der Waals surface area contributed by atoms with E-state index in [-0.39, 0.29) is 0 Å². The van der Waals surface area contributed by atoms with Crippen LogP contribution in [0.5, 0.6) is 5.75 Å². The van der Waals surface area contributed by atoms with Crippen molar-refractivity contribution in [2.75, 3.05) is 12.4 Å². The van der Waals surface area contributed by atoms with Gasteiger partial charge in [-0.3, -0.25) is 0 Å². The lowest BCUT2D eigenvalue weighted by Crippen LogP contribution is -2.02. The van der Waals surface area contributed by atoms with Gasteiger partial charge in [0.05, 0.1) is 17.6 Å². The molecule has 0 aliphatic rings. The number of fused-ring (bicyclic) bond motifs is 1. The number of rotatable bonds is 6. The summed E-state index contributed by atoms with van der Waals surface area (Å²) in [4.78, 5) is 4.69. The van der Waals surface area contributed by atoms with E-state index in [1.54, 1.807) is 11.8 Å². The molecule has 0 unspecified atom stereocenters. The van der Waals surface area contributed by atoms with E-state index in [0.717, 1.165) is 33.7 Å². The number of hydrogen-bond donors (Lipinski definition) is 0. The third kappa shape index (κ3) is 3.39. The fraction of sp³-hybridized carbons (Fsp3) is 0.235. The van der Waals surface area contributed by atoms with Gasteiger partial charge in [-0.2, -0.15) is 0 Å². The summed E-state index contributed by atoms with van der Waals surface area (Å²) in [6.07, 6.45) is 0. The molecular weight excluding hydrogens is 316 g/mol. The zero-order valence-electron chi connectivity index (χ0n) is 12.3. The van der Waals surface area contributed by atoms with Gasteiger partial charge in [-0.15, -0.1) is 0 Å². The van der Waals surface area contributed by atoms with Crippen molar-refractivity contribution in [3.8, 4) is 5.75 Å². The number of hydrogen-bond acceptors (Lipinski definition) is 3. The maximum atomic E-state index is 5.85. The minimum Gasteiger partial charge on any atom is -0.493 e. The fourth-order valence-electron chi connectivity index (χ4n) is 2.29. The third-order valence-electron chi connectivity index (χ3n) is 3.33. The zero-order chi connectivity index (χ0) is 15.4. The van der Waals surface area contributed by atoms with Crippen LogP contribution in [0.15, 0.2) is 53.7 Å². The second-order valence-corrected chi connectivity index (χ2v) is 6.28. The normalized spacial score (nSPS) is 11.0. The van der Waals surface area contributed by atoms with Crippen LogP contribution in [-0.4, -0.2) is 21.9 Å². The Bertz CT molecular complexity index is 755. The lowest BCUT2D eigenvalue weighted by Gasteiger charge is -2.07. The Morgan fingerprint density at radius 2 is 1.91 bits per heavy atom. The van der Waals surface area contributed by atoms with Crippen LogP contribution in [0.2, 0.25) is 5.02 Å². The van der Waals surface area contributed by atoms with E-state index in [1.165, 1.54) is 5.52 Å². The van der Waals surface area contributed by atoms with Crippen LogP contribution in [0.1, 0.15) is 6.92 Å². The molecule has 0 saturated carbocycles. The van der Waals surface area contributed by atoms with E-state index >= 15 is 0 Å². The number of ether oxygens (including phenoxy) is 1. The molecule has 0 atom stereocenters. The Kier molecular flexibility index (Phi) is 4.90. The first kappa shape index (κ1) is 15.3. The molecule has 114 valence electrons. The van der Waals surface area contributed by atoms with Crippen molar-refractivity contribution in [3.63, 3.8) is 0 Å². The molecule has 1 aromatic heterocycles. The van der Waals surface area contributed by atoms with E-state index in [1.807, 2.05) is 36.4 Å². The Balaban J connectivity index is 1.60. The summed E-state index contributed by atoms with van der Waals surface area (Å²) < 4.78 is 7.95. The molecular formula is C17H17ClN2OS. The second-order valence-electron chi connectivity index (χ2n) is 4.78. The summed E-state index contributed by atoms with van der Waals surface area (Å²) in [5, 5.41) is 1.77. The van der Waals surface area contributed by atoms with Crippen molar-refractivity contribution in [2.24, 2.45) is 0 Å². The quantitative estimate of drug-likeness (QED) is 0.475. The lowest BCUT2D eigenvalue weighted by molar-refractivity contribution is 0.344. The summed E-state index contributed by atoms with van der Waals surface area (Å²) in [5.74, 6) is 1.69. The fourth-order valence-corrected chi connectivity index (χ4v) is 3.31. The summed E-state index contributed by atoms with van der Waals surface area (Å²) >= 11 is 7.57. The number of benzene rings is 2. The monoisotopic (exact) mass is 332 g/mol. The molecule has 22 heavy (non-hydrogen) atoms. The number of imidazole rings is 1. The van der Waals surface area contributed by atoms with Crippen molar-refractivity contribution in [1.29, 1.82) is 0 Å². The zero-order valence-corrected chi connectivity index (χ0v) is 13.9. The van der Waals surface area contributed by atoms with E-state index < -0.39 is 0 Å². The van der Waals surface area contributed by atoms with Crippen LogP contribution in [0, 0.1) is 0 Å². The minimum atomic E-state index is 0.638. The molecule has 0 fully saturated rings. The van der Waals surface area contributed by atoms with Gasteiger partial charge in [0.2, 0.25) is 0 Å². The van der Waals surface area contributed by atoms with Gasteiger partial charge in [0.15, 0.2) is 5.16 Å². The first-order chi connectivity index (χ1) is 10.8. The van der Waals surface area contributed by atoms with E-state index in [9.17, 15) is 0 Å². The van der Waals surface area contributed by atoms with Gasteiger partial charge in [0, 0.05) is 17.3 Å². The second kappa shape index (κ2) is 7.07. The molecule has 3 aromatic rings. The Labute approximate surface area is 139 Å². The SMILES string of the molecule is CCn1c(SCCOc2ccc(Cl)cc2)nc2ccccc21. The number of aromatic nitrogens is 2. The predicted octanol–water partition coefficient (Wildman–Crippen LogP) is 4.88. The van der Waals surface area contributed by atoms with Crippen LogP contribution in [0.3, 0.4) is 0 Å². The molecule has 3 rings (SSSR count). The molecule has 3 nitrogen and oxygen atoms in total. The molecule has 0 spiro atoms. The molecule has 0 N–H and O–H groups in total. The third-order valence-corrected chi connectivity index (χ3v) is 4.53. The highest BCUT2D eigenvalue weighted by Gasteiger charge is 2.09. The average Bonchev–Trinajstić information content (AvgIpc) is 2.90. The van der Waals surface area contributed by atoms with Crippen LogP contribution in [-0.2, 0) is 6.54 Å². The topological polar surface area (TPSA) is 27.1 Å². The number of thioether (sulfide) groups is 1. The average molecular weight is 333 g/mol. The van der Waals surface area contributed by atoms with Crippen LogP contribution < -0.4 is 4.74 Å². The molecule has 0 aliphatic heterocycles. The van der Waals surface area contributed by atoms with Gasteiger partial charge in [-0.25, -0.2) is 4.98 Å². The van der Waals surface area contributed by atoms with Crippen molar-refractivity contribution in [3.05, 3.63) is 53.6 Å². The van der Waals surface area contributed by atoms with Gasteiger partial charge < -0.3 is 9.30 Å². The molecule has 0 saturated heterocycles. The van der Waals surface area contributed by atoms with Crippen molar-refractivity contribution < 1.29 is 4.74 Å². The van der Waals surface area contributed by atoms with Crippen molar-refractivity contribution in [2.45, 2.75) is 18.6 Å². The van der Waals surface area contributed by atoms with Crippen molar-refractivity contribution >= 4 is 34.4 Å². The highest BCUT2D eigenvalue weighted by molar-refractivity contribution is 7.99. The summed E-state index contributed by atoms with van der Waals surface area (Å²) in [5.41, 5.74) is 2.23. The molecule has 5 heteroatoms. The summed E-state index contributed by atoms with van der Waals surface area (Å²) in [6, 6.07) is 15.7. The first-order valence-electron chi connectivity index (χ1n) is 7.24. The Morgan fingerprint density at radius 1 is 1.14 bits per heavy atom. The molecule has 2 aromatic carbocycles. The summed E-state index contributed by atoms with van der Waals surface area (Å²) in [7, 11) is 0. The van der Waals surface area contributed by atoms with Gasteiger partial charge in [0.1, 0.15) is 5.75 Å². The van der Waals surface area contributed by atoms with E-state index in [0.29, 0.717) is 6.61 Å². The Morgan fingerprint density at radius 3 is 2.68 bits per heavy atom. The van der Waals surface area contributed by atoms with Gasteiger partial charge in [-0.05, 0) is 43.3 Å². The Hall–Kier alpha value is -1.65. The molecule has 1 heterocycles. The number of aryl methyl sites for hydroxylation is 1. The molecule has 0 radical (unpaired) electrons. The first-order valence-corrected chi connectivity index (χ1v) is 8.60. The highest BCUT2D eigenvalue weighted by Crippen LogP contribution is 2.24. The molecule has 0 aliphatic carbocycles. The number of halogens is 1. The highest BCUT2D eigenvalue weighted by atomic mass is 35.5. The predicted molar refractivity (Wildman–Crippen MR) is 93.1 cm³/mol. The maximum absolute atomic E-state index is 5.85. The largest absolute Gasteiger partial charge is 0.493 e.